The second-order valence-electron chi connectivity index (χ2n) is 6.93. The molecule has 0 bridgehead atoms. The average Bonchev–Trinajstić information content (AvgIpc) is 2.99. The Kier molecular flexibility index (Phi) is 5.07. The standard InChI is InChI=1S/C21H21N3O5/c1-28-15-5-2-13(3-6-15)8-9-24-20(26)11-17(21(24)27)22-14-4-7-18-16(10-14)23-19(25)12-29-18/h2-7,10,17,22H,8-9,11-12H2,1H3,(H,23,25)/t17-/m1/s1. The zero-order valence-electron chi connectivity index (χ0n) is 15.9. The van der Waals surface area contributed by atoms with Crippen LogP contribution in [-0.2, 0) is 20.8 Å². The fourth-order valence-electron chi connectivity index (χ4n) is 3.44. The van der Waals surface area contributed by atoms with E-state index in [0.29, 0.717) is 30.1 Å². The van der Waals surface area contributed by atoms with Crippen molar-refractivity contribution in [3.8, 4) is 11.5 Å². The number of imide groups is 1. The highest BCUT2D eigenvalue weighted by Crippen LogP contribution is 2.31. The van der Waals surface area contributed by atoms with Crippen LogP contribution in [0, 0.1) is 0 Å². The van der Waals surface area contributed by atoms with Crippen molar-refractivity contribution >= 4 is 29.1 Å². The third kappa shape index (κ3) is 4.01. The molecular formula is C21H21N3O5. The number of benzene rings is 2. The second kappa shape index (κ2) is 7.83. The number of methoxy groups -OCH3 is 1. The molecule has 0 aromatic heterocycles. The maximum atomic E-state index is 12.7. The van der Waals surface area contributed by atoms with Crippen LogP contribution in [0.3, 0.4) is 0 Å². The molecule has 3 amide bonds. The van der Waals surface area contributed by atoms with Crippen molar-refractivity contribution in [2.45, 2.75) is 18.9 Å². The van der Waals surface area contributed by atoms with Gasteiger partial charge in [-0.3, -0.25) is 19.3 Å². The molecule has 2 heterocycles. The van der Waals surface area contributed by atoms with Crippen molar-refractivity contribution in [3.05, 3.63) is 48.0 Å². The van der Waals surface area contributed by atoms with Gasteiger partial charge in [-0.2, -0.15) is 0 Å². The van der Waals surface area contributed by atoms with Gasteiger partial charge in [-0.1, -0.05) is 12.1 Å². The molecule has 29 heavy (non-hydrogen) atoms. The van der Waals surface area contributed by atoms with Crippen molar-refractivity contribution < 1.29 is 23.9 Å². The molecule has 150 valence electrons. The minimum absolute atomic E-state index is 0.0153. The molecule has 8 nitrogen and oxygen atoms in total. The molecule has 2 aliphatic rings. The highest BCUT2D eigenvalue weighted by atomic mass is 16.5. The van der Waals surface area contributed by atoms with Crippen LogP contribution < -0.4 is 20.1 Å². The first-order valence-electron chi connectivity index (χ1n) is 9.34. The first-order valence-corrected chi connectivity index (χ1v) is 9.34. The average molecular weight is 395 g/mol. The van der Waals surface area contributed by atoms with Gasteiger partial charge >= 0.3 is 0 Å². The number of carbonyl (C=O) groups excluding carboxylic acids is 3. The summed E-state index contributed by atoms with van der Waals surface area (Å²) in [6, 6.07) is 12.1. The Labute approximate surface area is 167 Å². The molecule has 0 saturated carbocycles. The number of anilines is 2. The van der Waals surface area contributed by atoms with Crippen LogP contribution in [0.4, 0.5) is 11.4 Å². The van der Waals surface area contributed by atoms with Gasteiger partial charge in [0.25, 0.3) is 11.8 Å². The van der Waals surface area contributed by atoms with Gasteiger partial charge in [0.15, 0.2) is 6.61 Å². The van der Waals surface area contributed by atoms with Gasteiger partial charge in [-0.15, -0.1) is 0 Å². The molecule has 1 atom stereocenters. The monoisotopic (exact) mass is 395 g/mol. The number of ether oxygens (including phenoxy) is 2. The molecule has 2 aromatic rings. The lowest BCUT2D eigenvalue weighted by molar-refractivity contribution is -0.138. The van der Waals surface area contributed by atoms with Crippen molar-refractivity contribution in [3.63, 3.8) is 0 Å². The molecule has 1 fully saturated rings. The number of amides is 3. The molecule has 0 spiro atoms. The lowest BCUT2D eigenvalue weighted by Crippen LogP contribution is -2.36. The van der Waals surface area contributed by atoms with E-state index in [1.165, 1.54) is 4.90 Å². The van der Waals surface area contributed by atoms with E-state index >= 15 is 0 Å². The highest BCUT2D eigenvalue weighted by Gasteiger charge is 2.38. The molecule has 4 rings (SSSR count). The maximum absolute atomic E-state index is 12.7. The normalized spacial score (nSPS) is 18.2. The summed E-state index contributed by atoms with van der Waals surface area (Å²) in [5.74, 6) is 0.659. The molecular weight excluding hydrogens is 374 g/mol. The minimum atomic E-state index is -0.628. The third-order valence-corrected chi connectivity index (χ3v) is 4.98. The topological polar surface area (TPSA) is 97.0 Å². The van der Waals surface area contributed by atoms with E-state index in [-0.39, 0.29) is 30.7 Å². The second-order valence-corrected chi connectivity index (χ2v) is 6.93. The predicted octanol–water partition coefficient (Wildman–Crippen LogP) is 1.81. The number of hydrogen-bond donors (Lipinski definition) is 2. The molecule has 0 unspecified atom stereocenters. The van der Waals surface area contributed by atoms with Gasteiger partial charge < -0.3 is 20.1 Å². The Morgan fingerprint density at radius 2 is 1.97 bits per heavy atom. The van der Waals surface area contributed by atoms with Crippen LogP contribution in [0.1, 0.15) is 12.0 Å². The third-order valence-electron chi connectivity index (χ3n) is 4.98. The predicted molar refractivity (Wildman–Crippen MR) is 106 cm³/mol. The quantitative estimate of drug-likeness (QED) is 0.724. The molecule has 0 radical (unpaired) electrons. The zero-order chi connectivity index (χ0) is 20.4. The Morgan fingerprint density at radius 3 is 2.72 bits per heavy atom. The van der Waals surface area contributed by atoms with E-state index in [9.17, 15) is 14.4 Å². The zero-order valence-corrected chi connectivity index (χ0v) is 15.9. The van der Waals surface area contributed by atoms with Crippen LogP contribution in [0.5, 0.6) is 11.5 Å². The molecule has 2 N–H and O–H groups in total. The van der Waals surface area contributed by atoms with Crippen LogP contribution in [-0.4, -0.2) is 48.9 Å². The minimum Gasteiger partial charge on any atom is -0.497 e. The number of hydrogen-bond acceptors (Lipinski definition) is 6. The number of nitrogens with one attached hydrogen (secondary N) is 2. The number of likely N-dealkylation sites (tertiary alicyclic amines) is 1. The lowest BCUT2D eigenvalue weighted by Gasteiger charge is -2.20. The van der Waals surface area contributed by atoms with Crippen molar-refractivity contribution in [2.75, 3.05) is 30.9 Å². The van der Waals surface area contributed by atoms with E-state index in [1.807, 2.05) is 24.3 Å². The van der Waals surface area contributed by atoms with Crippen molar-refractivity contribution in [1.29, 1.82) is 0 Å². The number of fused-ring (bicyclic) bond motifs is 1. The van der Waals surface area contributed by atoms with Crippen LogP contribution in [0.25, 0.3) is 0 Å². The van der Waals surface area contributed by atoms with Gasteiger partial charge in [-0.25, -0.2) is 0 Å². The summed E-state index contributed by atoms with van der Waals surface area (Å²) in [7, 11) is 1.60. The molecule has 1 saturated heterocycles. The van der Waals surface area contributed by atoms with Gasteiger partial charge in [0.2, 0.25) is 5.91 Å². The smallest absolute Gasteiger partial charge is 0.262 e. The number of rotatable bonds is 6. The van der Waals surface area contributed by atoms with Crippen molar-refractivity contribution in [1.82, 2.24) is 4.90 Å². The van der Waals surface area contributed by atoms with E-state index in [2.05, 4.69) is 10.6 Å². The van der Waals surface area contributed by atoms with E-state index in [4.69, 9.17) is 9.47 Å². The Morgan fingerprint density at radius 1 is 1.17 bits per heavy atom. The van der Waals surface area contributed by atoms with Crippen molar-refractivity contribution in [2.24, 2.45) is 0 Å². The summed E-state index contributed by atoms with van der Waals surface area (Å²) in [5.41, 5.74) is 2.20. The first-order chi connectivity index (χ1) is 14.0. The van der Waals surface area contributed by atoms with E-state index < -0.39 is 6.04 Å². The molecule has 8 heteroatoms. The number of nitrogens with zero attached hydrogens (tertiary/aromatic N) is 1. The fourth-order valence-corrected chi connectivity index (χ4v) is 3.44. The summed E-state index contributed by atoms with van der Waals surface area (Å²) in [6.07, 6.45) is 0.678. The summed E-state index contributed by atoms with van der Waals surface area (Å²) in [5, 5.41) is 5.82. The summed E-state index contributed by atoms with van der Waals surface area (Å²) in [4.78, 5) is 37.8. The summed E-state index contributed by atoms with van der Waals surface area (Å²) < 4.78 is 10.5. The van der Waals surface area contributed by atoms with Crippen LogP contribution >= 0.6 is 0 Å². The Hall–Kier alpha value is -3.55. The van der Waals surface area contributed by atoms with Crippen LogP contribution in [0.2, 0.25) is 0 Å². The molecule has 2 aliphatic heterocycles. The maximum Gasteiger partial charge on any atom is 0.262 e. The SMILES string of the molecule is COc1ccc(CCN2C(=O)C[C@@H](Nc3ccc4c(c3)NC(=O)CO4)C2=O)cc1. The Bertz CT molecular complexity index is 957. The summed E-state index contributed by atoms with van der Waals surface area (Å²) >= 11 is 0. The largest absolute Gasteiger partial charge is 0.497 e. The summed E-state index contributed by atoms with van der Waals surface area (Å²) in [6.45, 7) is 0.314. The van der Waals surface area contributed by atoms with Gasteiger partial charge in [0, 0.05) is 12.2 Å². The fraction of sp³-hybridized carbons (Fsp3) is 0.286. The first kappa shape index (κ1) is 18.8. The van der Waals surface area contributed by atoms with Gasteiger partial charge in [0.1, 0.15) is 17.5 Å². The van der Waals surface area contributed by atoms with Gasteiger partial charge in [-0.05, 0) is 42.3 Å². The van der Waals surface area contributed by atoms with E-state index in [1.54, 1.807) is 25.3 Å². The van der Waals surface area contributed by atoms with Gasteiger partial charge in [0.05, 0.1) is 19.2 Å². The Balaban J connectivity index is 1.39. The lowest BCUT2D eigenvalue weighted by atomic mass is 10.1. The highest BCUT2D eigenvalue weighted by molar-refractivity contribution is 6.07. The molecule has 0 aliphatic carbocycles. The number of carbonyl (C=O) groups is 3. The molecule has 2 aromatic carbocycles. The van der Waals surface area contributed by atoms with E-state index in [0.717, 1.165) is 11.3 Å². The van der Waals surface area contributed by atoms with Crippen LogP contribution in [0.15, 0.2) is 42.5 Å².